The van der Waals surface area contributed by atoms with E-state index in [1.807, 2.05) is 17.0 Å². The van der Waals surface area contributed by atoms with Crippen LogP contribution in [-0.4, -0.2) is 28.4 Å². The average Bonchev–Trinajstić information content (AvgIpc) is 3.35. The molecule has 1 saturated heterocycles. The molecule has 0 radical (unpaired) electrons. The van der Waals surface area contributed by atoms with Crippen LogP contribution in [0.5, 0.6) is 11.5 Å². The number of fused-ring (bicyclic) bond motifs is 3. The van der Waals surface area contributed by atoms with Crippen molar-refractivity contribution in [3.8, 4) is 11.5 Å². The van der Waals surface area contributed by atoms with Gasteiger partial charge in [0.25, 0.3) is 0 Å². The Labute approximate surface area is 191 Å². The number of carbonyl (C=O) groups is 1. The number of amides is 1. The predicted molar refractivity (Wildman–Crippen MR) is 132 cm³/mol. The summed E-state index contributed by atoms with van der Waals surface area (Å²) in [7, 11) is 1.53. The van der Waals surface area contributed by atoms with E-state index in [-0.39, 0.29) is 17.0 Å². The summed E-state index contributed by atoms with van der Waals surface area (Å²) in [4.78, 5) is 14.8. The lowest BCUT2D eigenvalue weighted by molar-refractivity contribution is -0.115. The summed E-state index contributed by atoms with van der Waals surface area (Å²) in [6.45, 7) is 3.19. The number of aromatic hydroxyl groups is 1. The third-order valence-electron chi connectivity index (χ3n) is 6.13. The minimum atomic E-state index is -0.164. The molecular formula is C26H26N2O3S. The first kappa shape index (κ1) is 20.8. The zero-order valence-electron chi connectivity index (χ0n) is 18.2. The highest BCUT2D eigenvalue weighted by molar-refractivity contribution is 8.00. The average molecular weight is 447 g/mol. The molecule has 32 heavy (non-hydrogen) atoms. The van der Waals surface area contributed by atoms with Crippen molar-refractivity contribution in [2.75, 3.05) is 17.8 Å². The van der Waals surface area contributed by atoms with E-state index in [0.29, 0.717) is 11.5 Å². The number of hydrogen-bond donors (Lipinski definition) is 1. The quantitative estimate of drug-likeness (QED) is 0.390. The van der Waals surface area contributed by atoms with Gasteiger partial charge in [0.15, 0.2) is 11.5 Å². The Hall–Kier alpha value is -3.12. The molecule has 0 saturated carbocycles. The molecule has 0 aliphatic carbocycles. The largest absolute Gasteiger partial charge is 0.504 e. The lowest BCUT2D eigenvalue weighted by atomic mass is 10.1. The number of ether oxygens (including phenoxy) is 1. The maximum Gasteiger partial charge on any atom is 0.238 e. The smallest absolute Gasteiger partial charge is 0.238 e. The molecule has 164 valence electrons. The Balaban J connectivity index is 1.61. The monoisotopic (exact) mass is 446 g/mol. The molecule has 1 aliphatic heterocycles. The summed E-state index contributed by atoms with van der Waals surface area (Å²) in [6.07, 6.45) is 2.27. The van der Waals surface area contributed by atoms with Crippen LogP contribution < -0.4 is 9.64 Å². The molecule has 5 nitrogen and oxygen atoms in total. The highest BCUT2D eigenvalue weighted by atomic mass is 32.2. The van der Waals surface area contributed by atoms with Crippen LogP contribution in [0, 0.1) is 0 Å². The number of nitrogens with zero attached hydrogens (tertiary/aromatic N) is 2. The van der Waals surface area contributed by atoms with Gasteiger partial charge in [-0.1, -0.05) is 37.6 Å². The second-order valence-electron chi connectivity index (χ2n) is 8.08. The third kappa shape index (κ3) is 3.39. The van der Waals surface area contributed by atoms with Crippen LogP contribution in [0.1, 0.15) is 30.7 Å². The standard InChI is InChI=1S/C26H26N2O3S/c1-3-4-13-27-21-8-6-5-7-19(21)20-15-18(10-11-22(20)27)28-25(30)16-32-26(28)17-9-12-23(29)24(14-17)31-2/h5-12,14-15,26,29H,3-4,13,16H2,1-2H3. The van der Waals surface area contributed by atoms with Gasteiger partial charge < -0.3 is 14.4 Å². The SMILES string of the molecule is CCCCn1c2ccccc2c2cc(N3C(=O)CSC3c3ccc(O)c(OC)c3)ccc21. The summed E-state index contributed by atoms with van der Waals surface area (Å²) < 4.78 is 7.68. The molecule has 1 aromatic heterocycles. The van der Waals surface area contributed by atoms with Crippen LogP contribution in [0.3, 0.4) is 0 Å². The van der Waals surface area contributed by atoms with Crippen LogP contribution in [0.4, 0.5) is 5.69 Å². The van der Waals surface area contributed by atoms with Crippen molar-refractivity contribution in [1.82, 2.24) is 4.57 Å². The minimum Gasteiger partial charge on any atom is -0.504 e. The van der Waals surface area contributed by atoms with E-state index in [4.69, 9.17) is 4.74 Å². The van der Waals surface area contributed by atoms with Gasteiger partial charge >= 0.3 is 0 Å². The number of rotatable bonds is 6. The molecule has 1 N–H and O–H groups in total. The number of aromatic nitrogens is 1. The first-order valence-electron chi connectivity index (χ1n) is 10.9. The number of anilines is 1. The maximum atomic E-state index is 12.9. The Bertz CT molecular complexity index is 1310. The summed E-state index contributed by atoms with van der Waals surface area (Å²) >= 11 is 1.59. The van der Waals surface area contributed by atoms with Crippen LogP contribution in [0.15, 0.2) is 60.7 Å². The lowest BCUT2D eigenvalue weighted by Crippen LogP contribution is -2.27. The number of carbonyl (C=O) groups excluding carboxylic acids is 1. The number of thioether (sulfide) groups is 1. The molecule has 0 spiro atoms. The summed E-state index contributed by atoms with van der Waals surface area (Å²) in [5.74, 6) is 1.01. The molecule has 1 unspecified atom stereocenters. The number of para-hydroxylation sites is 1. The Morgan fingerprint density at radius 3 is 2.69 bits per heavy atom. The topological polar surface area (TPSA) is 54.7 Å². The van der Waals surface area contributed by atoms with Gasteiger partial charge in [-0.05, 0) is 48.4 Å². The normalized spacial score (nSPS) is 16.4. The molecule has 1 fully saturated rings. The van der Waals surface area contributed by atoms with E-state index in [1.54, 1.807) is 17.8 Å². The molecule has 1 aliphatic rings. The Morgan fingerprint density at radius 2 is 1.88 bits per heavy atom. The fourth-order valence-corrected chi connectivity index (χ4v) is 5.71. The summed E-state index contributed by atoms with van der Waals surface area (Å²) in [6, 6.07) is 20.1. The Kier molecular flexibility index (Phi) is 5.47. The fourth-order valence-electron chi connectivity index (χ4n) is 4.55. The van der Waals surface area contributed by atoms with Crippen molar-refractivity contribution in [2.24, 2.45) is 0 Å². The van der Waals surface area contributed by atoms with Crippen molar-refractivity contribution < 1.29 is 14.6 Å². The van der Waals surface area contributed by atoms with Crippen molar-refractivity contribution in [3.05, 3.63) is 66.2 Å². The molecule has 3 aromatic carbocycles. The van der Waals surface area contributed by atoms with Gasteiger partial charge in [-0.3, -0.25) is 9.69 Å². The van der Waals surface area contributed by atoms with Gasteiger partial charge in [-0.15, -0.1) is 11.8 Å². The second kappa shape index (κ2) is 8.43. The van der Waals surface area contributed by atoms with Crippen molar-refractivity contribution in [2.45, 2.75) is 31.7 Å². The molecule has 6 heteroatoms. The highest BCUT2D eigenvalue weighted by Crippen LogP contribution is 2.45. The number of benzene rings is 3. The number of phenolic OH excluding ortho intramolecular Hbond substituents is 1. The second-order valence-corrected chi connectivity index (χ2v) is 9.15. The van der Waals surface area contributed by atoms with Crippen LogP contribution in [0.2, 0.25) is 0 Å². The first-order chi connectivity index (χ1) is 15.6. The molecule has 1 amide bonds. The van der Waals surface area contributed by atoms with E-state index in [1.165, 1.54) is 28.9 Å². The van der Waals surface area contributed by atoms with E-state index < -0.39 is 0 Å². The third-order valence-corrected chi connectivity index (χ3v) is 7.34. The number of unbranched alkanes of at least 4 members (excludes halogenated alkanes) is 1. The number of hydrogen-bond acceptors (Lipinski definition) is 4. The van der Waals surface area contributed by atoms with Gasteiger partial charge in [-0.2, -0.15) is 0 Å². The van der Waals surface area contributed by atoms with E-state index in [0.717, 1.165) is 30.6 Å². The summed E-state index contributed by atoms with van der Waals surface area (Å²) in [5, 5.41) is 12.2. The molecule has 5 rings (SSSR count). The van der Waals surface area contributed by atoms with Gasteiger partial charge in [0.2, 0.25) is 5.91 Å². The van der Waals surface area contributed by atoms with Crippen molar-refractivity contribution in [3.63, 3.8) is 0 Å². The van der Waals surface area contributed by atoms with Crippen LogP contribution >= 0.6 is 11.8 Å². The van der Waals surface area contributed by atoms with Gasteiger partial charge in [0, 0.05) is 34.0 Å². The lowest BCUT2D eigenvalue weighted by Gasteiger charge is -2.25. The van der Waals surface area contributed by atoms with E-state index in [9.17, 15) is 9.90 Å². The van der Waals surface area contributed by atoms with Gasteiger partial charge in [0.05, 0.1) is 12.9 Å². The number of phenols is 1. The van der Waals surface area contributed by atoms with Crippen LogP contribution in [0.25, 0.3) is 21.8 Å². The van der Waals surface area contributed by atoms with Gasteiger partial charge in [0.1, 0.15) is 5.37 Å². The van der Waals surface area contributed by atoms with Crippen molar-refractivity contribution >= 4 is 45.2 Å². The van der Waals surface area contributed by atoms with Gasteiger partial charge in [-0.25, -0.2) is 0 Å². The Morgan fingerprint density at radius 1 is 1.06 bits per heavy atom. The van der Waals surface area contributed by atoms with E-state index in [2.05, 4.69) is 54.0 Å². The molecule has 0 bridgehead atoms. The zero-order chi connectivity index (χ0) is 22.2. The molecule has 2 heterocycles. The molecule has 4 aromatic rings. The fraction of sp³-hybridized carbons (Fsp3) is 0.269. The summed E-state index contributed by atoms with van der Waals surface area (Å²) in [5.41, 5.74) is 4.25. The van der Waals surface area contributed by atoms with Crippen molar-refractivity contribution in [1.29, 1.82) is 0 Å². The number of methoxy groups -OCH3 is 1. The van der Waals surface area contributed by atoms with Crippen LogP contribution in [-0.2, 0) is 11.3 Å². The molecular weight excluding hydrogens is 420 g/mol. The van der Waals surface area contributed by atoms with E-state index >= 15 is 0 Å². The number of aryl methyl sites for hydroxylation is 1. The zero-order valence-corrected chi connectivity index (χ0v) is 19.1. The predicted octanol–water partition coefficient (Wildman–Crippen LogP) is 6.09. The first-order valence-corrected chi connectivity index (χ1v) is 12.0. The minimum absolute atomic E-state index is 0.0844. The maximum absolute atomic E-state index is 12.9. The molecule has 1 atom stereocenters. The highest BCUT2D eigenvalue weighted by Gasteiger charge is 2.34.